The summed E-state index contributed by atoms with van der Waals surface area (Å²) < 4.78 is 34.2. The van der Waals surface area contributed by atoms with E-state index in [9.17, 15) is 18.0 Å². The molecule has 2 amide bonds. The molecule has 1 atom stereocenters. The van der Waals surface area contributed by atoms with Gasteiger partial charge in [-0.05, 0) is 43.2 Å². The predicted octanol–water partition coefficient (Wildman–Crippen LogP) is 2.44. The maximum absolute atomic E-state index is 13.6. The molecule has 1 aliphatic rings. The summed E-state index contributed by atoms with van der Waals surface area (Å²) in [5.41, 5.74) is 1.27. The molecular formula is C21H25N3O5S. The molecule has 1 aliphatic heterocycles. The number of carbonyl (C=O) groups excluding carboxylic acids is 2. The summed E-state index contributed by atoms with van der Waals surface area (Å²) in [4.78, 5) is 24.0. The van der Waals surface area contributed by atoms with E-state index in [-0.39, 0.29) is 23.3 Å². The van der Waals surface area contributed by atoms with Crippen molar-refractivity contribution in [1.82, 2.24) is 5.32 Å². The van der Waals surface area contributed by atoms with Gasteiger partial charge in [0.2, 0.25) is 5.91 Å². The van der Waals surface area contributed by atoms with Crippen LogP contribution in [0.15, 0.2) is 47.4 Å². The number of sulfonamides is 1. The van der Waals surface area contributed by atoms with Crippen molar-refractivity contribution in [1.29, 1.82) is 0 Å². The lowest BCUT2D eigenvalue weighted by molar-refractivity contribution is -0.127. The van der Waals surface area contributed by atoms with E-state index >= 15 is 0 Å². The predicted molar refractivity (Wildman–Crippen MR) is 114 cm³/mol. The highest BCUT2D eigenvalue weighted by Crippen LogP contribution is 2.37. The second-order valence-corrected chi connectivity index (χ2v) is 8.89. The van der Waals surface area contributed by atoms with Crippen molar-refractivity contribution in [2.75, 3.05) is 22.7 Å². The molecule has 0 aliphatic carbocycles. The first kappa shape index (κ1) is 21.6. The topological polar surface area (TPSA) is 105 Å². The largest absolute Gasteiger partial charge is 0.476 e. The third-order valence-corrected chi connectivity index (χ3v) is 6.57. The van der Waals surface area contributed by atoms with Crippen LogP contribution in [0.25, 0.3) is 0 Å². The molecule has 0 spiro atoms. The first-order valence-electron chi connectivity index (χ1n) is 9.68. The monoisotopic (exact) mass is 431 g/mol. The summed E-state index contributed by atoms with van der Waals surface area (Å²) in [5, 5.41) is 5.36. The van der Waals surface area contributed by atoms with Gasteiger partial charge in [0.25, 0.3) is 15.9 Å². The minimum Gasteiger partial charge on any atom is -0.476 e. The van der Waals surface area contributed by atoms with Crippen molar-refractivity contribution in [3.8, 4) is 5.75 Å². The number of rotatable bonds is 6. The summed E-state index contributed by atoms with van der Waals surface area (Å²) in [5.74, 6) is -0.346. The second-order valence-electron chi connectivity index (χ2n) is 7.06. The Bertz CT molecular complexity index is 1070. The van der Waals surface area contributed by atoms with Crippen LogP contribution in [0.3, 0.4) is 0 Å². The molecule has 1 heterocycles. The molecular weight excluding hydrogens is 406 g/mol. The first-order valence-corrected chi connectivity index (χ1v) is 11.1. The van der Waals surface area contributed by atoms with Gasteiger partial charge in [-0.3, -0.25) is 13.9 Å². The summed E-state index contributed by atoms with van der Waals surface area (Å²) in [6.45, 7) is 5.29. The molecule has 2 N–H and O–H groups in total. The fourth-order valence-corrected chi connectivity index (χ4v) is 4.94. The summed E-state index contributed by atoms with van der Waals surface area (Å²) in [7, 11) is -4.03. The smallest absolute Gasteiger partial charge is 0.264 e. The average Bonchev–Trinajstić information content (AvgIpc) is 2.72. The maximum atomic E-state index is 13.6. The van der Waals surface area contributed by atoms with Gasteiger partial charge >= 0.3 is 0 Å². The molecule has 0 bridgehead atoms. The van der Waals surface area contributed by atoms with Gasteiger partial charge in [-0.1, -0.05) is 25.1 Å². The molecule has 2 aromatic rings. The van der Waals surface area contributed by atoms with Crippen LogP contribution in [0.2, 0.25) is 0 Å². The van der Waals surface area contributed by atoms with Crippen molar-refractivity contribution in [2.24, 2.45) is 0 Å². The van der Waals surface area contributed by atoms with E-state index in [1.807, 2.05) is 6.92 Å². The highest BCUT2D eigenvalue weighted by molar-refractivity contribution is 7.93. The van der Waals surface area contributed by atoms with Gasteiger partial charge in [0.15, 0.2) is 6.10 Å². The molecule has 160 valence electrons. The Morgan fingerprint density at radius 3 is 2.63 bits per heavy atom. The van der Waals surface area contributed by atoms with Crippen LogP contribution in [0.5, 0.6) is 5.75 Å². The van der Waals surface area contributed by atoms with Gasteiger partial charge in [-0.2, -0.15) is 0 Å². The molecule has 0 saturated heterocycles. The molecule has 30 heavy (non-hydrogen) atoms. The standard InChI is InChI=1S/C21H25N3O5S/c1-4-11-22-21(26)19-13-24(17-7-5-6-8-18(17)29-19)30(27,28)20-12-16(23-15(3)25)10-9-14(20)2/h5-10,12,19H,4,11,13H2,1-3H3,(H,22,26)(H,23,25). The SMILES string of the molecule is CCCNC(=O)C1CN(S(=O)(=O)c2cc(NC(C)=O)ccc2C)c2ccccc2O1. The molecule has 8 nitrogen and oxygen atoms in total. The van der Waals surface area contributed by atoms with Crippen LogP contribution in [0.1, 0.15) is 25.8 Å². The summed E-state index contributed by atoms with van der Waals surface area (Å²) in [6, 6.07) is 11.4. The van der Waals surface area contributed by atoms with E-state index in [4.69, 9.17) is 4.74 Å². The van der Waals surface area contributed by atoms with E-state index in [0.29, 0.717) is 29.2 Å². The van der Waals surface area contributed by atoms with Crippen LogP contribution in [-0.4, -0.2) is 39.4 Å². The van der Waals surface area contributed by atoms with Crippen molar-refractivity contribution < 1.29 is 22.7 Å². The molecule has 2 aromatic carbocycles. The molecule has 3 rings (SSSR count). The van der Waals surface area contributed by atoms with E-state index in [2.05, 4.69) is 10.6 Å². The summed E-state index contributed by atoms with van der Waals surface area (Å²) in [6.07, 6.45) is -0.216. The van der Waals surface area contributed by atoms with Crippen molar-refractivity contribution in [2.45, 2.75) is 38.2 Å². The first-order chi connectivity index (χ1) is 14.2. The van der Waals surface area contributed by atoms with Gasteiger partial charge in [0.1, 0.15) is 5.75 Å². The normalized spacial score (nSPS) is 15.7. The average molecular weight is 432 g/mol. The number of fused-ring (bicyclic) bond motifs is 1. The molecule has 0 radical (unpaired) electrons. The lowest BCUT2D eigenvalue weighted by Gasteiger charge is -2.35. The highest BCUT2D eigenvalue weighted by Gasteiger charge is 2.38. The second kappa shape index (κ2) is 8.74. The lowest BCUT2D eigenvalue weighted by atomic mass is 10.2. The van der Waals surface area contributed by atoms with Crippen molar-refractivity contribution in [3.63, 3.8) is 0 Å². The van der Waals surface area contributed by atoms with Crippen molar-refractivity contribution >= 4 is 33.2 Å². The molecule has 1 unspecified atom stereocenters. The fraction of sp³-hybridized carbons (Fsp3) is 0.333. The minimum absolute atomic E-state index is 0.0539. The minimum atomic E-state index is -4.03. The Morgan fingerprint density at radius 1 is 1.20 bits per heavy atom. The Balaban J connectivity index is 2.04. The van der Waals surface area contributed by atoms with Crippen LogP contribution in [0.4, 0.5) is 11.4 Å². The Morgan fingerprint density at radius 2 is 1.93 bits per heavy atom. The van der Waals surface area contributed by atoms with E-state index in [0.717, 1.165) is 6.42 Å². The lowest BCUT2D eigenvalue weighted by Crippen LogP contribution is -2.50. The molecule has 0 fully saturated rings. The number of para-hydroxylation sites is 2. The number of carbonyl (C=O) groups is 2. The van der Waals surface area contributed by atoms with Gasteiger partial charge < -0.3 is 15.4 Å². The van der Waals surface area contributed by atoms with Gasteiger partial charge in [0, 0.05) is 19.2 Å². The van der Waals surface area contributed by atoms with Crippen LogP contribution in [0, 0.1) is 6.92 Å². The molecule has 9 heteroatoms. The number of nitrogens with zero attached hydrogens (tertiary/aromatic N) is 1. The van der Waals surface area contributed by atoms with E-state index in [1.165, 1.54) is 17.3 Å². The number of hydrogen-bond donors (Lipinski definition) is 2. The van der Waals surface area contributed by atoms with Gasteiger partial charge in [-0.25, -0.2) is 8.42 Å². The number of hydrogen-bond acceptors (Lipinski definition) is 5. The summed E-state index contributed by atoms with van der Waals surface area (Å²) >= 11 is 0. The Kier molecular flexibility index (Phi) is 6.31. The third-order valence-electron chi connectivity index (χ3n) is 4.65. The van der Waals surface area contributed by atoms with Crippen LogP contribution < -0.4 is 19.7 Å². The number of amides is 2. The van der Waals surface area contributed by atoms with Crippen LogP contribution >= 0.6 is 0 Å². The quantitative estimate of drug-likeness (QED) is 0.731. The number of ether oxygens (including phenoxy) is 1. The zero-order chi connectivity index (χ0) is 21.9. The highest BCUT2D eigenvalue weighted by atomic mass is 32.2. The van der Waals surface area contributed by atoms with Crippen LogP contribution in [-0.2, 0) is 19.6 Å². The Hall–Kier alpha value is -3.07. The van der Waals surface area contributed by atoms with E-state index in [1.54, 1.807) is 43.3 Å². The fourth-order valence-electron chi connectivity index (χ4n) is 3.21. The third kappa shape index (κ3) is 4.40. The van der Waals surface area contributed by atoms with Crippen molar-refractivity contribution in [3.05, 3.63) is 48.0 Å². The number of aryl methyl sites for hydroxylation is 1. The maximum Gasteiger partial charge on any atom is 0.264 e. The number of nitrogens with one attached hydrogen (secondary N) is 2. The number of benzene rings is 2. The van der Waals surface area contributed by atoms with E-state index < -0.39 is 16.1 Å². The van der Waals surface area contributed by atoms with Gasteiger partial charge in [0.05, 0.1) is 17.1 Å². The number of anilines is 2. The zero-order valence-corrected chi connectivity index (χ0v) is 18.0. The molecule has 0 aromatic heterocycles. The van der Waals surface area contributed by atoms with Gasteiger partial charge in [-0.15, -0.1) is 0 Å². The molecule has 0 saturated carbocycles. The Labute approximate surface area is 176 Å². The zero-order valence-electron chi connectivity index (χ0n) is 17.1.